The molecule has 37 heavy (non-hydrogen) atoms. The van der Waals surface area contributed by atoms with Gasteiger partial charge in [-0.2, -0.15) is 13.2 Å². The molecule has 0 aromatic carbocycles. The van der Waals surface area contributed by atoms with E-state index < -0.39 is 37.1 Å². The molecule has 2 heterocycles. The van der Waals surface area contributed by atoms with Crippen molar-refractivity contribution in [2.75, 3.05) is 13.6 Å². The van der Waals surface area contributed by atoms with Gasteiger partial charge in [0.05, 0.1) is 30.3 Å². The first kappa shape index (κ1) is 26.6. The summed E-state index contributed by atoms with van der Waals surface area (Å²) in [7, 11) is 2.82. The largest absolute Gasteiger partial charge is 0.487 e. The van der Waals surface area contributed by atoms with Gasteiger partial charge in [-0.05, 0) is 38.5 Å². The first-order valence-electron chi connectivity index (χ1n) is 12.1. The molecule has 0 saturated heterocycles. The van der Waals surface area contributed by atoms with Crippen LogP contribution in [0.5, 0.6) is 5.75 Å². The van der Waals surface area contributed by atoms with E-state index in [0.29, 0.717) is 30.0 Å². The van der Waals surface area contributed by atoms with Crippen LogP contribution in [0.3, 0.4) is 0 Å². The molecule has 2 atom stereocenters. The highest BCUT2D eigenvalue weighted by molar-refractivity contribution is 5.70. The molecule has 14 heteroatoms. The van der Waals surface area contributed by atoms with Gasteiger partial charge in [0.25, 0.3) is 0 Å². The number of rotatable bonds is 9. The van der Waals surface area contributed by atoms with E-state index in [1.807, 2.05) is 0 Å². The lowest BCUT2D eigenvalue weighted by atomic mass is 9.87. The normalized spacial score (nSPS) is 19.9. The van der Waals surface area contributed by atoms with Crippen LogP contribution in [0, 0.1) is 5.92 Å². The molecule has 11 nitrogen and oxygen atoms in total. The molecule has 4 rings (SSSR count). The third-order valence-electron chi connectivity index (χ3n) is 6.55. The van der Waals surface area contributed by atoms with Gasteiger partial charge in [0.1, 0.15) is 12.3 Å². The van der Waals surface area contributed by atoms with Crippen molar-refractivity contribution in [3.8, 4) is 17.3 Å². The number of alkyl halides is 3. The number of aromatic nitrogens is 5. The maximum absolute atomic E-state index is 12.4. The predicted octanol–water partition coefficient (Wildman–Crippen LogP) is 3.69. The lowest BCUT2D eigenvalue weighted by Gasteiger charge is -2.27. The Bertz CT molecular complexity index is 1140. The fourth-order valence-electron chi connectivity index (χ4n) is 4.23. The molecule has 2 saturated carbocycles. The van der Waals surface area contributed by atoms with Crippen molar-refractivity contribution in [3.63, 3.8) is 0 Å². The van der Waals surface area contributed by atoms with Gasteiger partial charge < -0.3 is 19.5 Å². The Morgan fingerprint density at radius 1 is 1.24 bits per heavy atom. The van der Waals surface area contributed by atoms with Gasteiger partial charge in [-0.15, -0.1) is 5.10 Å². The summed E-state index contributed by atoms with van der Waals surface area (Å²) in [5.74, 6) is -0.280. The van der Waals surface area contributed by atoms with Crippen molar-refractivity contribution >= 4 is 12.1 Å². The summed E-state index contributed by atoms with van der Waals surface area (Å²) < 4.78 is 50.1. The molecule has 1 N–H and O–H groups in total. The second-order valence-electron chi connectivity index (χ2n) is 9.51. The zero-order valence-corrected chi connectivity index (χ0v) is 20.6. The summed E-state index contributed by atoms with van der Waals surface area (Å²) in [6.07, 6.45) is -0.647. The molecule has 202 valence electrons. The van der Waals surface area contributed by atoms with Gasteiger partial charge in [0, 0.05) is 26.6 Å². The van der Waals surface area contributed by atoms with Gasteiger partial charge in [0.15, 0.2) is 17.3 Å². The van der Waals surface area contributed by atoms with E-state index in [1.165, 1.54) is 11.7 Å². The quantitative estimate of drug-likeness (QED) is 0.519. The van der Waals surface area contributed by atoms with Crippen LogP contribution in [-0.2, 0) is 23.2 Å². The van der Waals surface area contributed by atoms with Crippen molar-refractivity contribution in [2.24, 2.45) is 13.0 Å². The number of amides is 1. The Kier molecular flexibility index (Phi) is 7.83. The minimum atomic E-state index is -4.38. The minimum Gasteiger partial charge on any atom is -0.487 e. The SMILES string of the molecule is CN(CCC(F)(F)F)C(=O)OCc1c(-c2ncc(OC3CCCC(C(=O)O)C3)c(C3CC3)n2)nnn1C. The number of carboxylic acids is 1. The number of hydrogen-bond donors (Lipinski definition) is 1. The van der Waals surface area contributed by atoms with Gasteiger partial charge in [-0.25, -0.2) is 19.4 Å². The Hall–Kier alpha value is -3.45. The van der Waals surface area contributed by atoms with E-state index in [-0.39, 0.29) is 30.1 Å². The highest BCUT2D eigenvalue weighted by atomic mass is 19.4. The third-order valence-corrected chi connectivity index (χ3v) is 6.55. The second-order valence-corrected chi connectivity index (χ2v) is 9.51. The maximum Gasteiger partial charge on any atom is 0.409 e. The summed E-state index contributed by atoms with van der Waals surface area (Å²) in [6.45, 7) is -0.810. The standard InChI is InChI=1S/C23H29F3N6O5/c1-31(9-8-23(24,25)26)22(35)36-12-16-19(29-30-32(16)2)20-27-11-17(18(28-20)13-6-7-13)37-15-5-3-4-14(10-15)21(33)34/h11,13-15H,3-10,12H2,1-2H3,(H,33,34). The van der Waals surface area contributed by atoms with Crippen LogP contribution in [0.1, 0.15) is 62.3 Å². The number of carbonyl (C=O) groups excluding carboxylic acids is 1. The lowest BCUT2D eigenvalue weighted by molar-refractivity contribution is -0.144. The van der Waals surface area contributed by atoms with Crippen molar-refractivity contribution in [1.82, 2.24) is 29.9 Å². The summed E-state index contributed by atoms with van der Waals surface area (Å²) in [5, 5.41) is 17.4. The Balaban J connectivity index is 1.47. The first-order chi connectivity index (χ1) is 17.5. The third kappa shape index (κ3) is 6.86. The summed E-state index contributed by atoms with van der Waals surface area (Å²) in [6, 6.07) is 0. The minimum absolute atomic E-state index is 0.191. The average molecular weight is 527 g/mol. The average Bonchev–Trinajstić information content (AvgIpc) is 3.63. The second kappa shape index (κ2) is 10.9. The number of aliphatic carboxylic acids is 1. The molecule has 0 aliphatic heterocycles. The molecular formula is C23H29F3N6O5. The monoisotopic (exact) mass is 526 g/mol. The Morgan fingerprint density at radius 3 is 2.68 bits per heavy atom. The number of halogens is 3. The zero-order chi connectivity index (χ0) is 26.7. The highest BCUT2D eigenvalue weighted by Crippen LogP contribution is 2.44. The number of aryl methyl sites for hydroxylation is 1. The van der Waals surface area contributed by atoms with Crippen LogP contribution in [-0.4, -0.2) is 72.9 Å². The van der Waals surface area contributed by atoms with Crippen molar-refractivity contribution in [2.45, 2.75) is 69.8 Å². The number of hydrogen-bond acceptors (Lipinski definition) is 8. The Morgan fingerprint density at radius 2 is 2.00 bits per heavy atom. The van der Waals surface area contributed by atoms with E-state index in [1.54, 1.807) is 13.2 Å². The molecule has 0 radical (unpaired) electrons. The fraction of sp³-hybridized carbons (Fsp3) is 0.652. The number of carboxylic acid groups (broad SMARTS) is 1. The smallest absolute Gasteiger partial charge is 0.409 e. The van der Waals surface area contributed by atoms with Crippen LogP contribution >= 0.6 is 0 Å². The van der Waals surface area contributed by atoms with E-state index in [4.69, 9.17) is 9.47 Å². The molecule has 2 aliphatic rings. The van der Waals surface area contributed by atoms with E-state index in [9.17, 15) is 27.9 Å². The molecule has 1 amide bonds. The van der Waals surface area contributed by atoms with Gasteiger partial charge >= 0.3 is 18.2 Å². The number of ether oxygens (including phenoxy) is 2. The van der Waals surface area contributed by atoms with E-state index in [2.05, 4.69) is 20.3 Å². The summed E-state index contributed by atoms with van der Waals surface area (Å²) in [4.78, 5) is 33.5. The predicted molar refractivity (Wildman–Crippen MR) is 122 cm³/mol. The highest BCUT2D eigenvalue weighted by Gasteiger charge is 2.33. The van der Waals surface area contributed by atoms with Crippen LogP contribution in [0.15, 0.2) is 6.20 Å². The molecule has 0 bridgehead atoms. The Labute approximate surface area is 211 Å². The first-order valence-corrected chi connectivity index (χ1v) is 12.1. The van der Waals surface area contributed by atoms with E-state index >= 15 is 0 Å². The number of nitrogens with zero attached hydrogens (tertiary/aromatic N) is 6. The molecule has 2 unspecified atom stereocenters. The lowest BCUT2D eigenvalue weighted by Crippen LogP contribution is -2.31. The fourth-order valence-corrected chi connectivity index (χ4v) is 4.23. The van der Waals surface area contributed by atoms with Crippen LogP contribution < -0.4 is 4.74 Å². The van der Waals surface area contributed by atoms with Gasteiger partial charge in [-0.3, -0.25) is 4.79 Å². The molecule has 0 spiro atoms. The molecule has 2 aromatic heterocycles. The van der Waals surface area contributed by atoms with Crippen molar-refractivity contribution in [1.29, 1.82) is 0 Å². The maximum atomic E-state index is 12.4. The van der Waals surface area contributed by atoms with E-state index in [0.717, 1.165) is 30.6 Å². The summed E-state index contributed by atoms with van der Waals surface area (Å²) >= 11 is 0. The van der Waals surface area contributed by atoms with Crippen LogP contribution in [0.25, 0.3) is 11.5 Å². The number of carbonyl (C=O) groups is 2. The summed E-state index contributed by atoms with van der Waals surface area (Å²) in [5.41, 5.74) is 1.37. The van der Waals surface area contributed by atoms with Gasteiger partial charge in [-0.1, -0.05) is 5.21 Å². The molecular weight excluding hydrogens is 497 g/mol. The van der Waals surface area contributed by atoms with Crippen molar-refractivity contribution < 1.29 is 37.3 Å². The topological polar surface area (TPSA) is 133 Å². The molecule has 2 aliphatic carbocycles. The van der Waals surface area contributed by atoms with Crippen LogP contribution in [0.4, 0.5) is 18.0 Å². The molecule has 2 fully saturated rings. The molecule has 2 aromatic rings. The van der Waals surface area contributed by atoms with Crippen LogP contribution in [0.2, 0.25) is 0 Å². The zero-order valence-electron chi connectivity index (χ0n) is 20.6. The van der Waals surface area contributed by atoms with Crippen molar-refractivity contribution in [3.05, 3.63) is 17.6 Å². The van der Waals surface area contributed by atoms with Gasteiger partial charge in [0.2, 0.25) is 0 Å².